The zero-order valence-corrected chi connectivity index (χ0v) is 18.4. The average molecular weight is 430 g/mol. The van der Waals surface area contributed by atoms with Gasteiger partial charge in [0.15, 0.2) is 0 Å². The van der Waals surface area contributed by atoms with Crippen molar-refractivity contribution in [2.75, 3.05) is 19.6 Å². The highest BCUT2D eigenvalue weighted by Crippen LogP contribution is 2.49. The highest BCUT2D eigenvalue weighted by Gasteiger charge is 2.26. The number of hydrogen-bond acceptors (Lipinski definition) is 5. The Hall–Kier alpha value is -2.02. The molecule has 5 nitrogen and oxygen atoms in total. The third-order valence-corrected chi connectivity index (χ3v) is 6.78. The van der Waals surface area contributed by atoms with Gasteiger partial charge in [0.25, 0.3) is 0 Å². The molecule has 2 heterocycles. The third kappa shape index (κ3) is 3.89. The Bertz CT molecular complexity index is 1080. The molecule has 1 aromatic heterocycles. The van der Waals surface area contributed by atoms with Crippen LogP contribution >= 0.6 is 23.4 Å². The molecule has 0 spiro atoms. The van der Waals surface area contributed by atoms with Crippen LogP contribution in [-0.2, 0) is 22.7 Å². The number of carbonyl (C=O) groups is 1. The van der Waals surface area contributed by atoms with Crippen molar-refractivity contribution in [3.8, 4) is 11.3 Å². The largest absolute Gasteiger partial charge is 0.461 e. The van der Waals surface area contributed by atoms with Crippen LogP contribution in [0.3, 0.4) is 0 Å². The van der Waals surface area contributed by atoms with E-state index in [9.17, 15) is 4.79 Å². The molecule has 7 heteroatoms. The van der Waals surface area contributed by atoms with Crippen molar-refractivity contribution in [1.82, 2.24) is 14.7 Å². The van der Waals surface area contributed by atoms with Crippen LogP contribution in [0.4, 0.5) is 0 Å². The molecule has 0 atom stereocenters. The molecule has 1 aliphatic heterocycles. The summed E-state index contributed by atoms with van der Waals surface area (Å²) in [5, 5.41) is 6.83. The van der Waals surface area contributed by atoms with Gasteiger partial charge in [-0.15, -0.1) is 0 Å². The molecule has 0 radical (unpaired) electrons. The van der Waals surface area contributed by atoms with E-state index in [2.05, 4.69) is 29.5 Å². The lowest BCUT2D eigenvalue weighted by atomic mass is 10.0. The van der Waals surface area contributed by atoms with E-state index in [4.69, 9.17) is 21.4 Å². The molecule has 0 saturated carbocycles. The van der Waals surface area contributed by atoms with Crippen LogP contribution in [-0.4, -0.2) is 40.3 Å². The number of halogens is 1. The van der Waals surface area contributed by atoms with Crippen molar-refractivity contribution in [3.63, 3.8) is 0 Å². The van der Waals surface area contributed by atoms with Gasteiger partial charge in [-0.25, -0.2) is 0 Å². The number of fused-ring (bicyclic) bond motifs is 2. The smallest absolute Gasteiger partial charge is 0.302 e. The number of aromatic nitrogens is 2. The first-order valence-electron chi connectivity index (χ1n) is 9.87. The van der Waals surface area contributed by atoms with Gasteiger partial charge in [-0.2, -0.15) is 5.10 Å². The molecule has 2 aromatic carbocycles. The maximum atomic E-state index is 11.3. The zero-order chi connectivity index (χ0) is 20.5. The number of likely N-dealkylation sites (N-methyl/N-ethyl adjacent to an activating group) is 1. The predicted molar refractivity (Wildman–Crippen MR) is 118 cm³/mol. The van der Waals surface area contributed by atoms with Crippen molar-refractivity contribution < 1.29 is 9.53 Å². The van der Waals surface area contributed by atoms with Gasteiger partial charge in [0, 0.05) is 44.8 Å². The molecule has 29 heavy (non-hydrogen) atoms. The summed E-state index contributed by atoms with van der Waals surface area (Å²) >= 11 is 7.93. The summed E-state index contributed by atoms with van der Waals surface area (Å²) in [6, 6.07) is 10.1. The molecule has 3 aromatic rings. The number of carbonyl (C=O) groups excluding carboxylic acids is 1. The van der Waals surface area contributed by atoms with Crippen LogP contribution in [0.1, 0.15) is 26.3 Å². The quantitative estimate of drug-likeness (QED) is 0.376. The Morgan fingerprint density at radius 2 is 2.03 bits per heavy atom. The molecule has 152 valence electrons. The first-order chi connectivity index (χ1) is 14.0. The topological polar surface area (TPSA) is 47.4 Å². The highest BCUT2D eigenvalue weighted by atomic mass is 35.5. The maximum absolute atomic E-state index is 11.3. The number of rotatable bonds is 7. The average Bonchev–Trinajstić information content (AvgIpc) is 3.07. The second kappa shape index (κ2) is 8.38. The summed E-state index contributed by atoms with van der Waals surface area (Å²) in [6.07, 6.45) is 0. The predicted octanol–water partition coefficient (Wildman–Crippen LogP) is 5.23. The molecule has 0 amide bonds. The van der Waals surface area contributed by atoms with Crippen molar-refractivity contribution >= 4 is 40.2 Å². The number of ether oxygens (including phenoxy) is 1. The van der Waals surface area contributed by atoms with Crippen LogP contribution in [0.15, 0.2) is 40.1 Å². The Morgan fingerprint density at radius 1 is 1.24 bits per heavy atom. The van der Waals surface area contributed by atoms with E-state index < -0.39 is 0 Å². The molecule has 0 bridgehead atoms. The number of nitrogens with zero attached hydrogens (tertiary/aromatic N) is 3. The van der Waals surface area contributed by atoms with Crippen molar-refractivity contribution in [1.29, 1.82) is 0 Å². The first kappa shape index (κ1) is 20.3. The van der Waals surface area contributed by atoms with E-state index in [0.29, 0.717) is 5.02 Å². The minimum Gasteiger partial charge on any atom is -0.461 e. The molecular formula is C22H24ClN3O2S. The third-order valence-electron chi connectivity index (χ3n) is 5.32. The number of hydrogen-bond donors (Lipinski definition) is 0. The zero-order valence-electron chi connectivity index (χ0n) is 16.9. The fourth-order valence-electron chi connectivity index (χ4n) is 3.71. The lowest BCUT2D eigenvalue weighted by molar-refractivity contribution is -0.142. The van der Waals surface area contributed by atoms with Gasteiger partial charge in [0.1, 0.15) is 12.3 Å². The SMILES string of the molecule is CCN(CC)CCn1nc2c3c(c(COC(C)=O)ccc31)Sc1cc(Cl)ccc1-2. The Balaban J connectivity index is 1.83. The summed E-state index contributed by atoms with van der Waals surface area (Å²) in [6.45, 7) is 9.88. The van der Waals surface area contributed by atoms with Crippen molar-refractivity contribution in [3.05, 3.63) is 40.9 Å². The molecule has 1 aliphatic rings. The number of benzene rings is 2. The number of esters is 1. The van der Waals surface area contributed by atoms with Crippen LogP contribution in [0.2, 0.25) is 5.02 Å². The molecular weight excluding hydrogens is 406 g/mol. The Kier molecular flexibility index (Phi) is 5.86. The molecule has 0 saturated heterocycles. The van der Waals surface area contributed by atoms with E-state index in [1.165, 1.54) is 6.92 Å². The van der Waals surface area contributed by atoms with Gasteiger partial charge < -0.3 is 9.64 Å². The van der Waals surface area contributed by atoms with E-state index >= 15 is 0 Å². The summed E-state index contributed by atoms with van der Waals surface area (Å²) in [5.74, 6) is -0.281. The van der Waals surface area contributed by atoms with E-state index in [1.54, 1.807) is 11.8 Å². The van der Waals surface area contributed by atoms with Crippen LogP contribution in [0, 0.1) is 0 Å². The van der Waals surface area contributed by atoms with Gasteiger partial charge in [-0.3, -0.25) is 9.48 Å². The van der Waals surface area contributed by atoms with Gasteiger partial charge in [-0.1, -0.05) is 49.3 Å². The summed E-state index contributed by atoms with van der Waals surface area (Å²) < 4.78 is 7.40. The van der Waals surface area contributed by atoms with Crippen LogP contribution < -0.4 is 0 Å². The maximum Gasteiger partial charge on any atom is 0.302 e. The summed E-state index contributed by atoms with van der Waals surface area (Å²) in [4.78, 5) is 15.9. The monoisotopic (exact) mass is 429 g/mol. The van der Waals surface area contributed by atoms with Crippen molar-refractivity contribution in [2.45, 2.75) is 43.7 Å². The highest BCUT2D eigenvalue weighted by molar-refractivity contribution is 7.99. The lowest BCUT2D eigenvalue weighted by Gasteiger charge is -2.18. The normalized spacial score (nSPS) is 12.4. The Labute approximate surface area is 180 Å². The van der Waals surface area contributed by atoms with Crippen LogP contribution in [0.5, 0.6) is 0 Å². The standard InChI is InChI=1S/C22H24ClN3O2S/c1-4-25(5-2)10-11-26-18-9-6-15(13-28-14(3)27)22-20(18)21(24-26)17-8-7-16(23)12-19(17)29-22/h6-9,12H,4-5,10-11,13H2,1-3H3. The first-order valence-corrected chi connectivity index (χ1v) is 11.1. The molecule has 0 unspecified atom stereocenters. The summed E-state index contributed by atoms with van der Waals surface area (Å²) in [7, 11) is 0. The van der Waals surface area contributed by atoms with Gasteiger partial charge in [0.05, 0.1) is 12.1 Å². The van der Waals surface area contributed by atoms with Crippen LogP contribution in [0.25, 0.3) is 22.2 Å². The van der Waals surface area contributed by atoms with E-state index in [1.807, 2.05) is 24.3 Å². The van der Waals surface area contributed by atoms with Gasteiger partial charge in [-0.05, 0) is 31.3 Å². The summed E-state index contributed by atoms with van der Waals surface area (Å²) in [5.41, 5.74) is 4.18. The van der Waals surface area contributed by atoms with Gasteiger partial charge in [0.2, 0.25) is 0 Å². The fourth-order valence-corrected chi connectivity index (χ4v) is 5.19. The van der Waals surface area contributed by atoms with Gasteiger partial charge >= 0.3 is 5.97 Å². The lowest BCUT2D eigenvalue weighted by Crippen LogP contribution is -2.27. The second-order valence-corrected chi connectivity index (χ2v) is 8.56. The fraction of sp³-hybridized carbons (Fsp3) is 0.364. The molecule has 4 rings (SSSR count). The molecule has 0 N–H and O–H groups in total. The van der Waals surface area contributed by atoms with Crippen molar-refractivity contribution in [2.24, 2.45) is 0 Å². The minimum atomic E-state index is -0.281. The Morgan fingerprint density at radius 3 is 2.76 bits per heavy atom. The minimum absolute atomic E-state index is 0.258. The van der Waals surface area contributed by atoms with E-state index in [-0.39, 0.29) is 12.6 Å². The second-order valence-electron chi connectivity index (χ2n) is 7.07. The molecule has 0 aliphatic carbocycles. The van der Waals surface area contributed by atoms with E-state index in [0.717, 1.165) is 63.7 Å². The molecule has 0 fully saturated rings.